The predicted octanol–water partition coefficient (Wildman–Crippen LogP) is 0.697. The van der Waals surface area contributed by atoms with E-state index in [4.69, 9.17) is 4.74 Å². The molecule has 7 nitrogen and oxygen atoms in total. The number of aromatic nitrogens is 4. The minimum Gasteiger partial charge on any atom is -0.494 e. The molecular weight excluding hydrogens is 246 g/mol. The van der Waals surface area contributed by atoms with Gasteiger partial charge in [-0.05, 0) is 41.6 Å². The zero-order valence-electron chi connectivity index (χ0n) is 10.8. The maximum atomic E-state index is 10.9. The molecule has 0 fully saturated rings. The summed E-state index contributed by atoms with van der Waals surface area (Å²) in [6.07, 6.45) is 0. The van der Waals surface area contributed by atoms with Gasteiger partial charge in [0.15, 0.2) is 5.82 Å². The van der Waals surface area contributed by atoms with Crippen molar-refractivity contribution in [1.82, 2.24) is 25.5 Å². The number of carbonyl (C=O) groups excluding carboxylic acids is 1. The highest BCUT2D eigenvalue weighted by atomic mass is 16.5. The fraction of sp³-hybridized carbons (Fsp3) is 0.333. The molecule has 0 atom stereocenters. The minimum atomic E-state index is -0.124. The lowest BCUT2D eigenvalue weighted by atomic mass is 10.3. The first-order valence-electron chi connectivity index (χ1n) is 5.95. The number of carbonyl (C=O) groups is 1. The van der Waals surface area contributed by atoms with Crippen molar-refractivity contribution in [2.75, 3.05) is 6.61 Å². The van der Waals surface area contributed by atoms with Gasteiger partial charge in [0, 0.05) is 6.92 Å². The highest BCUT2D eigenvalue weighted by Crippen LogP contribution is 2.15. The molecule has 1 heterocycles. The van der Waals surface area contributed by atoms with Crippen LogP contribution in [0, 0.1) is 0 Å². The Morgan fingerprint density at radius 1 is 1.37 bits per heavy atom. The van der Waals surface area contributed by atoms with E-state index in [-0.39, 0.29) is 12.5 Å². The topological polar surface area (TPSA) is 81.9 Å². The van der Waals surface area contributed by atoms with Crippen molar-refractivity contribution in [2.24, 2.45) is 0 Å². The van der Waals surface area contributed by atoms with Gasteiger partial charge in [0.05, 0.1) is 18.8 Å². The Kier molecular flexibility index (Phi) is 4.07. The van der Waals surface area contributed by atoms with E-state index in [1.54, 1.807) is 4.68 Å². The summed E-state index contributed by atoms with van der Waals surface area (Å²) in [5.74, 6) is 1.24. The molecule has 1 aromatic carbocycles. The summed E-state index contributed by atoms with van der Waals surface area (Å²) in [4.78, 5) is 10.9. The summed E-state index contributed by atoms with van der Waals surface area (Å²) in [5, 5.41) is 14.1. The molecule has 0 saturated heterocycles. The van der Waals surface area contributed by atoms with E-state index in [2.05, 4.69) is 20.8 Å². The van der Waals surface area contributed by atoms with Gasteiger partial charge < -0.3 is 10.1 Å². The lowest BCUT2D eigenvalue weighted by Crippen LogP contribution is -2.21. The smallest absolute Gasteiger partial charge is 0.217 e. The first kappa shape index (κ1) is 13.0. The van der Waals surface area contributed by atoms with E-state index in [9.17, 15) is 4.79 Å². The molecule has 19 heavy (non-hydrogen) atoms. The molecule has 0 aliphatic rings. The van der Waals surface area contributed by atoms with Gasteiger partial charge in [-0.25, -0.2) is 0 Å². The maximum Gasteiger partial charge on any atom is 0.217 e. The third kappa shape index (κ3) is 3.27. The predicted molar refractivity (Wildman–Crippen MR) is 67.8 cm³/mol. The van der Waals surface area contributed by atoms with Crippen LogP contribution in [0.15, 0.2) is 24.3 Å². The summed E-state index contributed by atoms with van der Waals surface area (Å²) in [5.41, 5.74) is 0.814. The monoisotopic (exact) mass is 261 g/mol. The fourth-order valence-electron chi connectivity index (χ4n) is 1.57. The Morgan fingerprint density at radius 2 is 2.11 bits per heavy atom. The number of hydrogen-bond acceptors (Lipinski definition) is 5. The van der Waals surface area contributed by atoms with Gasteiger partial charge in [-0.1, -0.05) is 0 Å². The van der Waals surface area contributed by atoms with Crippen LogP contribution >= 0.6 is 0 Å². The molecule has 0 unspecified atom stereocenters. The number of amides is 1. The lowest BCUT2D eigenvalue weighted by molar-refractivity contribution is -0.119. The molecule has 7 heteroatoms. The van der Waals surface area contributed by atoms with Crippen LogP contribution in [0.2, 0.25) is 0 Å². The van der Waals surface area contributed by atoms with E-state index in [1.165, 1.54) is 6.92 Å². The summed E-state index contributed by atoms with van der Waals surface area (Å²) in [7, 11) is 0. The molecule has 0 spiro atoms. The average molecular weight is 261 g/mol. The summed E-state index contributed by atoms with van der Waals surface area (Å²) in [6, 6.07) is 7.42. The van der Waals surface area contributed by atoms with Crippen LogP contribution in [-0.2, 0) is 11.3 Å². The van der Waals surface area contributed by atoms with Crippen LogP contribution in [-0.4, -0.2) is 32.7 Å². The Bertz CT molecular complexity index is 550. The molecule has 2 rings (SSSR count). The first-order valence-corrected chi connectivity index (χ1v) is 5.95. The van der Waals surface area contributed by atoms with E-state index in [0.717, 1.165) is 11.4 Å². The SMILES string of the molecule is CCOc1ccc(-n2nnnc2CNC(C)=O)cc1. The van der Waals surface area contributed by atoms with Gasteiger partial charge in [-0.2, -0.15) is 4.68 Å². The van der Waals surface area contributed by atoms with Crippen LogP contribution in [0.5, 0.6) is 5.75 Å². The zero-order valence-corrected chi connectivity index (χ0v) is 10.8. The second-order valence-electron chi connectivity index (χ2n) is 3.84. The molecule has 2 aromatic rings. The van der Waals surface area contributed by atoms with Gasteiger partial charge in [0.2, 0.25) is 5.91 Å². The van der Waals surface area contributed by atoms with Crippen LogP contribution < -0.4 is 10.1 Å². The van der Waals surface area contributed by atoms with Gasteiger partial charge in [0.25, 0.3) is 0 Å². The molecule has 0 bridgehead atoms. The molecule has 0 aliphatic carbocycles. The van der Waals surface area contributed by atoms with Crippen molar-refractivity contribution in [3.8, 4) is 11.4 Å². The van der Waals surface area contributed by atoms with Crippen LogP contribution in [0.3, 0.4) is 0 Å². The van der Waals surface area contributed by atoms with Crippen molar-refractivity contribution in [3.63, 3.8) is 0 Å². The molecule has 0 aliphatic heterocycles. The Balaban J connectivity index is 2.17. The van der Waals surface area contributed by atoms with Crippen LogP contribution in [0.1, 0.15) is 19.7 Å². The van der Waals surface area contributed by atoms with E-state index >= 15 is 0 Å². The molecule has 0 saturated carbocycles. The van der Waals surface area contributed by atoms with Crippen LogP contribution in [0.4, 0.5) is 0 Å². The number of ether oxygens (including phenoxy) is 1. The first-order chi connectivity index (χ1) is 9.20. The van der Waals surface area contributed by atoms with Gasteiger partial charge in [0.1, 0.15) is 5.75 Å². The number of hydrogen-bond donors (Lipinski definition) is 1. The van der Waals surface area contributed by atoms with Crippen molar-refractivity contribution in [2.45, 2.75) is 20.4 Å². The van der Waals surface area contributed by atoms with E-state index in [0.29, 0.717) is 12.4 Å². The van der Waals surface area contributed by atoms with Gasteiger partial charge in [-0.3, -0.25) is 4.79 Å². The highest BCUT2D eigenvalue weighted by Gasteiger charge is 2.08. The van der Waals surface area contributed by atoms with Crippen LogP contribution in [0.25, 0.3) is 5.69 Å². The average Bonchev–Trinajstić information content (AvgIpc) is 2.86. The largest absolute Gasteiger partial charge is 0.494 e. The fourth-order valence-corrected chi connectivity index (χ4v) is 1.57. The molecular formula is C12H15N5O2. The molecule has 100 valence electrons. The highest BCUT2D eigenvalue weighted by molar-refractivity contribution is 5.72. The number of rotatable bonds is 5. The standard InChI is InChI=1S/C12H15N5O2/c1-3-19-11-6-4-10(5-7-11)17-12(14-15-16-17)8-13-9(2)18/h4-7H,3,8H2,1-2H3,(H,13,18). The zero-order chi connectivity index (χ0) is 13.7. The van der Waals surface area contributed by atoms with Crippen molar-refractivity contribution < 1.29 is 9.53 Å². The molecule has 1 amide bonds. The van der Waals surface area contributed by atoms with Crippen molar-refractivity contribution >= 4 is 5.91 Å². The number of nitrogens with one attached hydrogen (secondary N) is 1. The van der Waals surface area contributed by atoms with Gasteiger partial charge in [-0.15, -0.1) is 5.10 Å². The molecule has 1 aromatic heterocycles. The lowest BCUT2D eigenvalue weighted by Gasteiger charge is -2.06. The minimum absolute atomic E-state index is 0.124. The molecule has 1 N–H and O–H groups in total. The Hall–Kier alpha value is -2.44. The van der Waals surface area contributed by atoms with Gasteiger partial charge >= 0.3 is 0 Å². The third-order valence-electron chi connectivity index (χ3n) is 2.42. The normalized spacial score (nSPS) is 10.2. The van der Waals surface area contributed by atoms with Crippen molar-refractivity contribution in [3.05, 3.63) is 30.1 Å². The Morgan fingerprint density at radius 3 is 2.74 bits per heavy atom. The summed E-state index contributed by atoms with van der Waals surface area (Å²) in [6.45, 7) is 4.29. The quantitative estimate of drug-likeness (QED) is 0.856. The van der Waals surface area contributed by atoms with E-state index in [1.807, 2.05) is 31.2 Å². The number of tetrazole rings is 1. The second-order valence-corrected chi connectivity index (χ2v) is 3.84. The summed E-state index contributed by atoms with van der Waals surface area (Å²) < 4.78 is 6.94. The Labute approximate surface area is 110 Å². The third-order valence-corrected chi connectivity index (χ3v) is 2.42. The second kappa shape index (κ2) is 5.94. The number of benzene rings is 1. The maximum absolute atomic E-state index is 10.9. The van der Waals surface area contributed by atoms with Crippen molar-refractivity contribution in [1.29, 1.82) is 0 Å². The summed E-state index contributed by atoms with van der Waals surface area (Å²) >= 11 is 0. The van der Waals surface area contributed by atoms with E-state index < -0.39 is 0 Å². The molecule has 0 radical (unpaired) electrons. The number of nitrogens with zero attached hydrogens (tertiary/aromatic N) is 4.